The van der Waals surface area contributed by atoms with Crippen molar-refractivity contribution in [1.82, 2.24) is 15.3 Å². The molecule has 5 rings (SSSR count). The van der Waals surface area contributed by atoms with Crippen LogP contribution in [0, 0.1) is 5.82 Å². The molecule has 1 saturated carbocycles. The van der Waals surface area contributed by atoms with Crippen LogP contribution >= 0.6 is 0 Å². The SMILES string of the molecule is O=C(N[C@@H]1CCCN(c2ncc3c(n2)CCOC3)C1)C1(c2cccc(F)c2)CC1. The summed E-state index contributed by atoms with van der Waals surface area (Å²) in [7, 11) is 0. The molecule has 2 aliphatic heterocycles. The van der Waals surface area contributed by atoms with Crippen molar-refractivity contribution in [2.75, 3.05) is 24.6 Å². The molecule has 0 radical (unpaired) electrons. The molecule has 0 spiro atoms. The molecule has 29 heavy (non-hydrogen) atoms. The van der Waals surface area contributed by atoms with E-state index in [4.69, 9.17) is 9.72 Å². The molecule has 1 N–H and O–H groups in total. The molecule has 1 saturated heterocycles. The molecular weight excluding hydrogens is 371 g/mol. The van der Waals surface area contributed by atoms with Gasteiger partial charge < -0.3 is 15.0 Å². The lowest BCUT2D eigenvalue weighted by molar-refractivity contribution is -0.124. The number of carbonyl (C=O) groups excluding carboxylic acids is 1. The van der Waals surface area contributed by atoms with E-state index in [0.29, 0.717) is 19.8 Å². The summed E-state index contributed by atoms with van der Waals surface area (Å²) in [5, 5.41) is 3.22. The van der Waals surface area contributed by atoms with Gasteiger partial charge in [0.1, 0.15) is 5.82 Å². The number of piperidine rings is 1. The number of aromatic nitrogens is 2. The second kappa shape index (κ2) is 7.37. The predicted octanol–water partition coefficient (Wildman–Crippen LogP) is 2.51. The monoisotopic (exact) mass is 396 g/mol. The van der Waals surface area contributed by atoms with E-state index in [1.807, 2.05) is 12.3 Å². The van der Waals surface area contributed by atoms with E-state index in [2.05, 4.69) is 15.2 Å². The van der Waals surface area contributed by atoms with Gasteiger partial charge in [-0.05, 0) is 43.4 Å². The molecule has 2 fully saturated rings. The first-order chi connectivity index (χ1) is 14.1. The normalized spacial score (nSPS) is 22.7. The lowest BCUT2D eigenvalue weighted by Crippen LogP contribution is -2.50. The highest BCUT2D eigenvalue weighted by molar-refractivity contribution is 5.91. The summed E-state index contributed by atoms with van der Waals surface area (Å²) in [6.07, 6.45) is 6.13. The Kier molecular flexibility index (Phi) is 4.70. The third kappa shape index (κ3) is 3.59. The Bertz CT molecular complexity index is 931. The average molecular weight is 396 g/mol. The Hall–Kier alpha value is -2.54. The fraction of sp³-hybridized carbons (Fsp3) is 0.500. The van der Waals surface area contributed by atoms with Crippen molar-refractivity contribution in [1.29, 1.82) is 0 Å². The second-order valence-electron chi connectivity index (χ2n) is 8.30. The third-order valence-corrected chi connectivity index (χ3v) is 6.28. The average Bonchev–Trinajstić information content (AvgIpc) is 3.56. The van der Waals surface area contributed by atoms with E-state index in [1.54, 1.807) is 6.07 Å². The van der Waals surface area contributed by atoms with E-state index in [-0.39, 0.29) is 17.8 Å². The number of halogens is 1. The molecule has 0 bridgehead atoms. The van der Waals surface area contributed by atoms with Crippen LogP contribution in [-0.2, 0) is 28.0 Å². The maximum absolute atomic E-state index is 13.6. The van der Waals surface area contributed by atoms with Gasteiger partial charge in [-0.1, -0.05) is 12.1 Å². The molecule has 1 atom stereocenters. The van der Waals surface area contributed by atoms with Crippen LogP contribution in [0.5, 0.6) is 0 Å². The van der Waals surface area contributed by atoms with Crippen LogP contribution < -0.4 is 10.2 Å². The van der Waals surface area contributed by atoms with Crippen LogP contribution in [0.2, 0.25) is 0 Å². The molecule has 3 aliphatic rings. The van der Waals surface area contributed by atoms with E-state index < -0.39 is 5.41 Å². The number of rotatable bonds is 4. The first kappa shape index (κ1) is 18.5. The van der Waals surface area contributed by atoms with Gasteiger partial charge >= 0.3 is 0 Å². The van der Waals surface area contributed by atoms with Gasteiger partial charge in [0.25, 0.3) is 0 Å². The van der Waals surface area contributed by atoms with E-state index >= 15 is 0 Å². The second-order valence-corrected chi connectivity index (χ2v) is 8.30. The number of carbonyl (C=O) groups is 1. The Morgan fingerprint density at radius 2 is 2.24 bits per heavy atom. The van der Waals surface area contributed by atoms with Gasteiger partial charge in [0.2, 0.25) is 11.9 Å². The molecule has 7 heteroatoms. The maximum Gasteiger partial charge on any atom is 0.230 e. The standard InChI is InChI=1S/C22H25FN4O2/c23-17-4-1-3-16(11-17)22(7-8-22)20(28)25-18-5-2-9-27(13-18)21-24-12-15-14-29-10-6-19(15)26-21/h1,3-4,11-12,18H,2,5-10,13-14H2,(H,25,28)/t18-/m1/s1. The molecule has 6 nitrogen and oxygen atoms in total. The number of nitrogens with zero attached hydrogens (tertiary/aromatic N) is 3. The minimum Gasteiger partial charge on any atom is -0.376 e. The lowest BCUT2D eigenvalue weighted by atomic mass is 9.94. The van der Waals surface area contributed by atoms with Crippen molar-refractivity contribution in [3.05, 3.63) is 53.1 Å². The summed E-state index contributed by atoms with van der Waals surface area (Å²) in [5.74, 6) is 0.453. The fourth-order valence-electron chi connectivity index (χ4n) is 4.43. The summed E-state index contributed by atoms with van der Waals surface area (Å²) in [6, 6.07) is 6.49. The number of fused-ring (bicyclic) bond motifs is 1. The summed E-state index contributed by atoms with van der Waals surface area (Å²) >= 11 is 0. The highest BCUT2D eigenvalue weighted by Gasteiger charge is 2.51. The van der Waals surface area contributed by atoms with Gasteiger partial charge in [-0.2, -0.15) is 0 Å². The first-order valence-corrected chi connectivity index (χ1v) is 10.4. The number of hydrogen-bond donors (Lipinski definition) is 1. The minimum absolute atomic E-state index is 0.0125. The molecule has 152 valence electrons. The van der Waals surface area contributed by atoms with Crippen molar-refractivity contribution < 1.29 is 13.9 Å². The zero-order chi connectivity index (χ0) is 19.8. The van der Waals surface area contributed by atoms with Gasteiger partial charge in [-0.15, -0.1) is 0 Å². The van der Waals surface area contributed by atoms with Gasteiger partial charge in [0.05, 0.1) is 24.3 Å². The zero-order valence-corrected chi connectivity index (χ0v) is 16.4. The number of benzene rings is 1. The minimum atomic E-state index is -0.563. The summed E-state index contributed by atoms with van der Waals surface area (Å²) < 4.78 is 19.1. The number of ether oxygens (including phenoxy) is 1. The van der Waals surface area contributed by atoms with Crippen molar-refractivity contribution in [3.8, 4) is 0 Å². The number of nitrogens with one attached hydrogen (secondary N) is 1. The van der Waals surface area contributed by atoms with E-state index in [1.165, 1.54) is 12.1 Å². The highest BCUT2D eigenvalue weighted by atomic mass is 19.1. The van der Waals surface area contributed by atoms with E-state index in [0.717, 1.165) is 61.4 Å². The van der Waals surface area contributed by atoms with Gasteiger partial charge in [0.15, 0.2) is 0 Å². The number of anilines is 1. The number of hydrogen-bond acceptors (Lipinski definition) is 5. The molecule has 1 amide bonds. The smallest absolute Gasteiger partial charge is 0.230 e. The molecule has 1 aromatic carbocycles. The Balaban J connectivity index is 1.27. The van der Waals surface area contributed by atoms with Crippen molar-refractivity contribution in [2.24, 2.45) is 0 Å². The molecule has 1 aliphatic carbocycles. The molecule has 2 aromatic rings. The molecule has 1 aromatic heterocycles. The van der Waals surface area contributed by atoms with Crippen LogP contribution in [0.1, 0.15) is 42.5 Å². The van der Waals surface area contributed by atoms with Gasteiger partial charge in [-0.3, -0.25) is 4.79 Å². The third-order valence-electron chi connectivity index (χ3n) is 6.28. The van der Waals surface area contributed by atoms with Crippen LogP contribution in [0.15, 0.2) is 30.5 Å². The Labute approximate surface area is 169 Å². The molecule has 3 heterocycles. The topological polar surface area (TPSA) is 67.4 Å². The Morgan fingerprint density at radius 3 is 3.07 bits per heavy atom. The van der Waals surface area contributed by atoms with Gasteiger partial charge in [0, 0.05) is 37.3 Å². The molecular formula is C22H25FN4O2. The molecule has 0 unspecified atom stereocenters. The largest absolute Gasteiger partial charge is 0.376 e. The first-order valence-electron chi connectivity index (χ1n) is 10.4. The predicted molar refractivity (Wildman–Crippen MR) is 106 cm³/mol. The summed E-state index contributed by atoms with van der Waals surface area (Å²) in [5.41, 5.74) is 2.35. The van der Waals surface area contributed by atoms with Crippen molar-refractivity contribution >= 4 is 11.9 Å². The zero-order valence-electron chi connectivity index (χ0n) is 16.4. The summed E-state index contributed by atoms with van der Waals surface area (Å²) in [4.78, 5) is 24.5. The van der Waals surface area contributed by atoms with E-state index in [9.17, 15) is 9.18 Å². The quantitative estimate of drug-likeness (QED) is 0.860. The van der Waals surface area contributed by atoms with Crippen molar-refractivity contribution in [3.63, 3.8) is 0 Å². The van der Waals surface area contributed by atoms with Crippen LogP contribution in [0.3, 0.4) is 0 Å². The number of amides is 1. The lowest BCUT2D eigenvalue weighted by Gasteiger charge is -2.34. The van der Waals surface area contributed by atoms with Gasteiger partial charge in [-0.25, -0.2) is 14.4 Å². The Morgan fingerprint density at radius 1 is 1.34 bits per heavy atom. The van der Waals surface area contributed by atoms with Crippen LogP contribution in [-0.4, -0.2) is 41.6 Å². The highest BCUT2D eigenvalue weighted by Crippen LogP contribution is 2.48. The van der Waals surface area contributed by atoms with Crippen molar-refractivity contribution in [2.45, 2.75) is 50.2 Å². The fourth-order valence-corrected chi connectivity index (χ4v) is 4.43. The van der Waals surface area contributed by atoms with Crippen LogP contribution in [0.4, 0.5) is 10.3 Å². The summed E-state index contributed by atoms with van der Waals surface area (Å²) in [6.45, 7) is 2.86. The van der Waals surface area contributed by atoms with Crippen LogP contribution in [0.25, 0.3) is 0 Å². The maximum atomic E-state index is 13.6.